The number of aliphatic carboxylic acids is 6. The largest absolute Gasteiger partial charge is 0.473 e. The van der Waals surface area contributed by atoms with Crippen molar-refractivity contribution < 1.29 is 64.9 Å². The molecular weight excluding hydrogens is 624 g/mol. The Labute approximate surface area is 270 Å². The lowest BCUT2D eigenvalue weighted by Gasteiger charge is -2.38. The Bertz CT molecular complexity index is 1090. The number of piperidine rings is 2. The molecule has 4 rings (SSSR count). The third-order valence-electron chi connectivity index (χ3n) is 7.07. The topological polar surface area (TPSA) is 303 Å². The third-order valence-corrected chi connectivity index (χ3v) is 7.07. The number of carbonyl (C=O) groups is 6. The Morgan fingerprint density at radius 2 is 0.702 bits per heavy atom. The highest BCUT2D eigenvalue weighted by Gasteiger charge is 2.32. The van der Waals surface area contributed by atoms with Gasteiger partial charge in [-0.1, -0.05) is 60.7 Å². The maximum absolute atomic E-state index is 9.10. The summed E-state index contributed by atoms with van der Waals surface area (Å²) in [6.07, 6.45) is 4.70. The molecule has 0 spiro atoms. The van der Waals surface area contributed by atoms with Gasteiger partial charge in [0.05, 0.1) is 0 Å². The molecule has 2 heterocycles. The zero-order chi connectivity index (χ0) is 35.2. The zero-order valence-electron chi connectivity index (χ0n) is 26.1. The molecule has 0 bridgehead atoms. The fraction of sp³-hybridized carbons (Fsp3) is 0.400. The van der Waals surface area contributed by atoms with Crippen molar-refractivity contribution in [3.8, 4) is 0 Å². The number of hydrogen-bond acceptors (Lipinski definition) is 10. The van der Waals surface area contributed by atoms with E-state index in [-0.39, 0.29) is 16.6 Å². The van der Waals surface area contributed by atoms with Crippen LogP contribution in [0, 0.1) is 0 Å². The molecule has 0 aliphatic carbocycles. The van der Waals surface area contributed by atoms with E-state index in [0.29, 0.717) is 0 Å². The van der Waals surface area contributed by atoms with Crippen LogP contribution in [0.25, 0.3) is 0 Å². The van der Waals surface area contributed by atoms with E-state index in [1.165, 1.54) is 36.8 Å². The second-order valence-electron chi connectivity index (χ2n) is 9.73. The Kier molecular flexibility index (Phi) is 22.0. The van der Waals surface area contributed by atoms with Crippen molar-refractivity contribution in [2.45, 2.75) is 36.8 Å². The summed E-state index contributed by atoms with van der Waals surface area (Å²) in [5, 5.41) is 58.1. The summed E-state index contributed by atoms with van der Waals surface area (Å²) in [7, 11) is 4.14. The van der Waals surface area contributed by atoms with Crippen LogP contribution in [0.1, 0.15) is 36.8 Å². The van der Waals surface area contributed by atoms with Crippen LogP contribution in [-0.2, 0) is 39.8 Å². The molecule has 17 nitrogen and oxygen atoms in total. The van der Waals surface area contributed by atoms with Gasteiger partial charge in [0, 0.05) is 11.1 Å². The van der Waals surface area contributed by atoms with Crippen LogP contribution in [0.15, 0.2) is 60.7 Å². The molecule has 2 saturated heterocycles. The van der Waals surface area contributed by atoms with Gasteiger partial charge in [0.1, 0.15) is 0 Å². The summed E-state index contributed by atoms with van der Waals surface area (Å²) >= 11 is 0. The van der Waals surface area contributed by atoms with Crippen molar-refractivity contribution >= 4 is 35.8 Å². The maximum Gasteiger partial charge on any atom is 0.414 e. The lowest BCUT2D eigenvalue weighted by molar-refractivity contribution is -0.159. The van der Waals surface area contributed by atoms with Gasteiger partial charge in [-0.05, 0) is 77.1 Å². The first kappa shape index (κ1) is 44.2. The average molecular weight is 669 g/mol. The fourth-order valence-electron chi connectivity index (χ4n) is 4.59. The Morgan fingerprint density at radius 1 is 0.489 bits per heavy atom. The van der Waals surface area contributed by atoms with E-state index in [1.807, 2.05) is 0 Å². The van der Waals surface area contributed by atoms with Crippen LogP contribution in [-0.4, -0.2) is 112 Å². The number of nitrogens with one attached hydrogen (secondary N) is 4. The smallest absolute Gasteiger partial charge is 0.414 e. The number of carboxylic acid groups (broad SMARTS) is 6. The summed E-state index contributed by atoms with van der Waals surface area (Å²) in [6.45, 7) is 4.43. The number of benzene rings is 2. The van der Waals surface area contributed by atoms with E-state index in [0.717, 1.165) is 26.2 Å². The van der Waals surface area contributed by atoms with Crippen LogP contribution in [0.3, 0.4) is 0 Å². The Morgan fingerprint density at radius 3 is 0.872 bits per heavy atom. The lowest BCUT2D eigenvalue weighted by atomic mass is 9.82. The minimum absolute atomic E-state index is 0. The van der Waals surface area contributed by atoms with Crippen molar-refractivity contribution in [3.63, 3.8) is 0 Å². The molecule has 2 aromatic rings. The maximum atomic E-state index is 9.10. The molecule has 0 amide bonds. The number of rotatable bonds is 4. The van der Waals surface area contributed by atoms with Crippen molar-refractivity contribution in [2.24, 2.45) is 0 Å². The van der Waals surface area contributed by atoms with Gasteiger partial charge in [0.2, 0.25) is 0 Å². The van der Waals surface area contributed by atoms with Crippen molar-refractivity contribution in [2.75, 3.05) is 40.3 Å². The Hall–Kier alpha value is -4.94. The Balaban J connectivity index is 0. The second kappa shape index (κ2) is 23.4. The normalized spacial score (nSPS) is 15.1. The third kappa shape index (κ3) is 16.8. The molecule has 0 unspecified atom stereocenters. The van der Waals surface area contributed by atoms with Gasteiger partial charge in [0.25, 0.3) is 0 Å². The molecule has 0 saturated carbocycles. The first-order valence-electron chi connectivity index (χ1n) is 14.0. The van der Waals surface area contributed by atoms with Crippen LogP contribution in [0.4, 0.5) is 0 Å². The van der Waals surface area contributed by atoms with E-state index < -0.39 is 35.8 Å². The van der Waals surface area contributed by atoms with Gasteiger partial charge in [-0.3, -0.25) is 0 Å². The van der Waals surface area contributed by atoms with Crippen LogP contribution in [0.2, 0.25) is 0 Å². The van der Waals surface area contributed by atoms with E-state index in [9.17, 15) is 0 Å². The molecular formula is C30H44N4O13. The number of carboxylic acids is 6. The van der Waals surface area contributed by atoms with E-state index >= 15 is 0 Å². The second-order valence-corrected chi connectivity index (χ2v) is 9.73. The molecule has 2 aliphatic rings. The summed E-state index contributed by atoms with van der Waals surface area (Å²) in [5.41, 5.74) is 3.24. The summed E-state index contributed by atoms with van der Waals surface area (Å²) in [4.78, 5) is 54.6. The van der Waals surface area contributed by atoms with Gasteiger partial charge in [0.15, 0.2) is 0 Å². The predicted octanol–water partition coefficient (Wildman–Crippen LogP) is -0.388. The fourth-order valence-corrected chi connectivity index (χ4v) is 4.59. The highest BCUT2D eigenvalue weighted by Crippen LogP contribution is 2.30. The minimum atomic E-state index is -1.82. The SMILES string of the molecule is CNC1(c2ccccc2)CCNCC1.CNC1(c2ccccc2)CCNCC1.O.O=C(O)C(=O)O.O=C(O)C(=O)O.O=C(O)C(=O)O. The van der Waals surface area contributed by atoms with Crippen LogP contribution < -0.4 is 21.3 Å². The first-order valence-corrected chi connectivity index (χ1v) is 14.0. The summed E-state index contributed by atoms with van der Waals surface area (Å²) in [5.74, 6) is -10.9. The van der Waals surface area contributed by atoms with E-state index in [4.69, 9.17) is 59.4 Å². The van der Waals surface area contributed by atoms with Crippen LogP contribution >= 0.6 is 0 Å². The molecule has 12 N–H and O–H groups in total. The molecule has 47 heavy (non-hydrogen) atoms. The van der Waals surface area contributed by atoms with Gasteiger partial charge < -0.3 is 57.4 Å². The summed E-state index contributed by atoms with van der Waals surface area (Å²) < 4.78 is 0. The zero-order valence-corrected chi connectivity index (χ0v) is 26.1. The first-order chi connectivity index (χ1) is 21.7. The lowest BCUT2D eigenvalue weighted by Crippen LogP contribution is -2.48. The van der Waals surface area contributed by atoms with E-state index in [2.05, 4.69) is 96.0 Å². The molecule has 0 atom stereocenters. The molecule has 0 radical (unpaired) electrons. The molecule has 0 aromatic heterocycles. The highest BCUT2D eigenvalue weighted by atomic mass is 16.5. The van der Waals surface area contributed by atoms with Crippen molar-refractivity contribution in [1.29, 1.82) is 0 Å². The number of hydrogen-bond donors (Lipinski definition) is 10. The minimum Gasteiger partial charge on any atom is -0.473 e. The van der Waals surface area contributed by atoms with Crippen molar-refractivity contribution in [1.82, 2.24) is 21.3 Å². The molecule has 2 aliphatic heterocycles. The standard InChI is InChI=1S/2C12H18N2.3C2H2O4.H2O/c2*1-13-12(7-9-14-10-8-12)11-5-3-2-4-6-11;3*3-1(4)2(5)6;/h2*2-6,13-14H,7-10H2,1H3;3*(H,3,4)(H,5,6);1H2. The molecule has 262 valence electrons. The molecule has 17 heteroatoms. The van der Waals surface area contributed by atoms with Gasteiger partial charge in [-0.15, -0.1) is 0 Å². The average Bonchev–Trinajstić information content (AvgIpc) is 3.07. The summed E-state index contributed by atoms with van der Waals surface area (Å²) in [6, 6.07) is 21.5. The van der Waals surface area contributed by atoms with Gasteiger partial charge >= 0.3 is 35.8 Å². The monoisotopic (exact) mass is 668 g/mol. The van der Waals surface area contributed by atoms with E-state index in [1.54, 1.807) is 0 Å². The molecule has 2 aromatic carbocycles. The predicted molar refractivity (Wildman–Crippen MR) is 168 cm³/mol. The van der Waals surface area contributed by atoms with Gasteiger partial charge in [-0.25, -0.2) is 28.8 Å². The molecule has 2 fully saturated rings. The quantitative estimate of drug-likeness (QED) is 0.186. The van der Waals surface area contributed by atoms with Crippen LogP contribution in [0.5, 0.6) is 0 Å². The van der Waals surface area contributed by atoms with Gasteiger partial charge in [-0.2, -0.15) is 0 Å². The highest BCUT2D eigenvalue weighted by molar-refractivity contribution is 6.28. The van der Waals surface area contributed by atoms with Crippen molar-refractivity contribution in [3.05, 3.63) is 71.8 Å².